The van der Waals surface area contributed by atoms with Gasteiger partial charge in [0, 0.05) is 26.7 Å². The first-order chi connectivity index (χ1) is 12.1. The number of hydrogen-bond acceptors (Lipinski definition) is 3. The van der Waals surface area contributed by atoms with Crippen molar-refractivity contribution >= 4 is 29.9 Å². The van der Waals surface area contributed by atoms with E-state index in [1.807, 2.05) is 31.9 Å². The lowest BCUT2D eigenvalue weighted by molar-refractivity contribution is 0.115. The van der Waals surface area contributed by atoms with Gasteiger partial charge in [-0.05, 0) is 50.3 Å². The standard InChI is InChI=1S/C19H30FN3O2.HI/c1-4-21-19(23(3)10-11-24-14-15-6-7-15)22-13-16-8-9-18(25-5-2)17(20)12-16;/h8-9,12,15H,4-7,10-11,13-14H2,1-3H3,(H,21,22);1H. The Morgan fingerprint density at radius 1 is 1.35 bits per heavy atom. The van der Waals surface area contributed by atoms with E-state index in [1.165, 1.54) is 18.9 Å². The molecule has 0 heterocycles. The molecule has 148 valence electrons. The summed E-state index contributed by atoms with van der Waals surface area (Å²) in [7, 11) is 1.99. The van der Waals surface area contributed by atoms with Crippen LogP contribution < -0.4 is 10.1 Å². The molecule has 1 N–H and O–H groups in total. The van der Waals surface area contributed by atoms with Crippen LogP contribution in [0.4, 0.5) is 4.39 Å². The maximum atomic E-state index is 13.9. The van der Waals surface area contributed by atoms with Crippen molar-refractivity contribution in [3.05, 3.63) is 29.6 Å². The third-order valence-electron chi connectivity index (χ3n) is 4.03. The van der Waals surface area contributed by atoms with E-state index in [2.05, 4.69) is 10.3 Å². The number of aliphatic imine (C=N–C) groups is 1. The van der Waals surface area contributed by atoms with Gasteiger partial charge in [0.05, 0.1) is 19.8 Å². The lowest BCUT2D eigenvalue weighted by Crippen LogP contribution is -2.40. The second-order valence-corrected chi connectivity index (χ2v) is 6.31. The van der Waals surface area contributed by atoms with Crippen LogP contribution in [0.15, 0.2) is 23.2 Å². The van der Waals surface area contributed by atoms with Crippen molar-refractivity contribution in [3.63, 3.8) is 0 Å². The molecule has 2 rings (SSSR count). The predicted molar refractivity (Wildman–Crippen MR) is 114 cm³/mol. The van der Waals surface area contributed by atoms with Crippen molar-refractivity contribution in [2.24, 2.45) is 10.9 Å². The van der Waals surface area contributed by atoms with E-state index in [-0.39, 0.29) is 35.5 Å². The van der Waals surface area contributed by atoms with E-state index in [4.69, 9.17) is 9.47 Å². The van der Waals surface area contributed by atoms with Gasteiger partial charge in [0.25, 0.3) is 0 Å². The second kappa shape index (κ2) is 12.3. The Labute approximate surface area is 173 Å². The van der Waals surface area contributed by atoms with E-state index in [9.17, 15) is 4.39 Å². The summed E-state index contributed by atoms with van der Waals surface area (Å²) in [5, 5.41) is 3.26. The smallest absolute Gasteiger partial charge is 0.194 e. The minimum absolute atomic E-state index is 0. The number of benzene rings is 1. The summed E-state index contributed by atoms with van der Waals surface area (Å²) in [6.07, 6.45) is 2.61. The number of guanidine groups is 1. The first-order valence-electron chi connectivity index (χ1n) is 9.12. The molecule has 0 aliphatic heterocycles. The Hall–Kier alpha value is -1.09. The average Bonchev–Trinajstić information content (AvgIpc) is 3.42. The fourth-order valence-corrected chi connectivity index (χ4v) is 2.39. The van der Waals surface area contributed by atoms with Gasteiger partial charge < -0.3 is 19.7 Å². The molecule has 0 aromatic heterocycles. The number of hydrogen-bond donors (Lipinski definition) is 1. The maximum absolute atomic E-state index is 13.9. The molecule has 26 heavy (non-hydrogen) atoms. The average molecular weight is 479 g/mol. The molecular formula is C19H31FIN3O2. The highest BCUT2D eigenvalue weighted by Crippen LogP contribution is 2.28. The summed E-state index contributed by atoms with van der Waals surface area (Å²) in [6, 6.07) is 4.99. The van der Waals surface area contributed by atoms with Crippen LogP contribution in [0.2, 0.25) is 0 Å². The molecule has 1 fully saturated rings. The first-order valence-corrected chi connectivity index (χ1v) is 9.12. The third-order valence-corrected chi connectivity index (χ3v) is 4.03. The van der Waals surface area contributed by atoms with Crippen LogP contribution in [0, 0.1) is 11.7 Å². The van der Waals surface area contributed by atoms with Crippen molar-refractivity contribution in [1.29, 1.82) is 0 Å². The van der Waals surface area contributed by atoms with Gasteiger partial charge in [-0.3, -0.25) is 0 Å². The van der Waals surface area contributed by atoms with Gasteiger partial charge in [-0.2, -0.15) is 0 Å². The van der Waals surface area contributed by atoms with Crippen molar-refractivity contribution in [1.82, 2.24) is 10.2 Å². The van der Waals surface area contributed by atoms with Gasteiger partial charge in [0.1, 0.15) is 0 Å². The number of ether oxygens (including phenoxy) is 2. The summed E-state index contributed by atoms with van der Waals surface area (Å²) >= 11 is 0. The number of rotatable bonds is 10. The Balaban J connectivity index is 0.00000338. The van der Waals surface area contributed by atoms with E-state index < -0.39 is 0 Å². The molecule has 1 saturated carbocycles. The van der Waals surface area contributed by atoms with Crippen LogP contribution in [-0.4, -0.2) is 50.8 Å². The molecule has 0 unspecified atom stereocenters. The van der Waals surface area contributed by atoms with Crippen LogP contribution in [0.25, 0.3) is 0 Å². The fourth-order valence-electron chi connectivity index (χ4n) is 2.39. The molecule has 5 nitrogen and oxygen atoms in total. The van der Waals surface area contributed by atoms with Gasteiger partial charge in [-0.15, -0.1) is 24.0 Å². The van der Waals surface area contributed by atoms with E-state index >= 15 is 0 Å². The van der Waals surface area contributed by atoms with Gasteiger partial charge in [-0.25, -0.2) is 9.38 Å². The molecule has 1 aliphatic carbocycles. The van der Waals surface area contributed by atoms with Crippen LogP contribution >= 0.6 is 24.0 Å². The molecule has 0 spiro atoms. The van der Waals surface area contributed by atoms with Crippen molar-refractivity contribution in [3.8, 4) is 5.75 Å². The van der Waals surface area contributed by atoms with Crippen molar-refractivity contribution in [2.75, 3.05) is 40.0 Å². The number of nitrogens with one attached hydrogen (secondary N) is 1. The monoisotopic (exact) mass is 479 g/mol. The van der Waals surface area contributed by atoms with Crippen molar-refractivity contribution in [2.45, 2.75) is 33.2 Å². The van der Waals surface area contributed by atoms with E-state index in [0.29, 0.717) is 19.8 Å². The predicted octanol–water partition coefficient (Wildman–Crippen LogP) is 3.67. The molecular weight excluding hydrogens is 448 g/mol. The van der Waals surface area contributed by atoms with Crippen LogP contribution in [0.1, 0.15) is 32.3 Å². The SMILES string of the molecule is CCNC(=NCc1ccc(OCC)c(F)c1)N(C)CCOCC1CC1.I. The molecule has 0 amide bonds. The quantitative estimate of drug-likeness (QED) is 0.241. The molecule has 0 radical (unpaired) electrons. The minimum atomic E-state index is -0.346. The van der Waals surface area contributed by atoms with Crippen LogP contribution in [0.3, 0.4) is 0 Å². The van der Waals surface area contributed by atoms with Gasteiger partial charge >= 0.3 is 0 Å². The number of likely N-dealkylation sites (N-methyl/N-ethyl adjacent to an activating group) is 1. The highest BCUT2D eigenvalue weighted by Gasteiger charge is 2.21. The van der Waals surface area contributed by atoms with E-state index in [1.54, 1.807) is 6.07 Å². The summed E-state index contributed by atoms with van der Waals surface area (Å²) in [5.41, 5.74) is 0.815. The molecule has 0 atom stereocenters. The van der Waals surface area contributed by atoms with Crippen molar-refractivity contribution < 1.29 is 13.9 Å². The highest BCUT2D eigenvalue weighted by molar-refractivity contribution is 14.0. The molecule has 1 aromatic carbocycles. The zero-order chi connectivity index (χ0) is 18.1. The second-order valence-electron chi connectivity index (χ2n) is 6.31. The topological polar surface area (TPSA) is 46.1 Å². The maximum Gasteiger partial charge on any atom is 0.194 e. The fraction of sp³-hybridized carbons (Fsp3) is 0.632. The van der Waals surface area contributed by atoms with Crippen LogP contribution in [-0.2, 0) is 11.3 Å². The zero-order valence-electron chi connectivity index (χ0n) is 16.0. The Kier molecular flexibility index (Phi) is 10.9. The Morgan fingerprint density at radius 3 is 2.73 bits per heavy atom. The molecule has 1 aliphatic rings. The highest BCUT2D eigenvalue weighted by atomic mass is 127. The van der Waals surface area contributed by atoms with Gasteiger partial charge in [0.2, 0.25) is 0 Å². The lowest BCUT2D eigenvalue weighted by Gasteiger charge is -2.22. The molecule has 0 saturated heterocycles. The Morgan fingerprint density at radius 2 is 2.12 bits per heavy atom. The molecule has 1 aromatic rings. The summed E-state index contributed by atoms with van der Waals surface area (Å²) < 4.78 is 24.8. The summed E-state index contributed by atoms with van der Waals surface area (Å²) in [6.45, 7) is 7.85. The Bertz CT molecular complexity index is 568. The minimum Gasteiger partial charge on any atom is -0.491 e. The van der Waals surface area contributed by atoms with Gasteiger partial charge in [0.15, 0.2) is 17.5 Å². The number of nitrogens with zero attached hydrogens (tertiary/aromatic N) is 2. The zero-order valence-corrected chi connectivity index (χ0v) is 18.3. The molecule has 7 heteroatoms. The summed E-state index contributed by atoms with van der Waals surface area (Å²) in [5.74, 6) is 1.52. The van der Waals surface area contributed by atoms with Crippen LogP contribution in [0.5, 0.6) is 5.75 Å². The van der Waals surface area contributed by atoms with E-state index in [0.717, 1.165) is 37.1 Å². The largest absolute Gasteiger partial charge is 0.491 e. The molecule has 0 bridgehead atoms. The number of halogens is 2. The lowest BCUT2D eigenvalue weighted by atomic mass is 10.2. The normalized spacial score (nSPS) is 13.9. The summed E-state index contributed by atoms with van der Waals surface area (Å²) in [4.78, 5) is 6.64. The third kappa shape index (κ3) is 8.07. The first kappa shape index (κ1) is 23.0. The van der Waals surface area contributed by atoms with Gasteiger partial charge in [-0.1, -0.05) is 6.07 Å².